The Morgan fingerprint density at radius 1 is 1.40 bits per heavy atom. The van der Waals surface area contributed by atoms with Crippen molar-refractivity contribution in [1.82, 2.24) is 9.88 Å². The molecule has 20 heavy (non-hydrogen) atoms. The summed E-state index contributed by atoms with van der Waals surface area (Å²) in [4.78, 5) is 27.4. The van der Waals surface area contributed by atoms with Gasteiger partial charge in [-0.05, 0) is 30.3 Å². The number of rotatable bonds is 3. The van der Waals surface area contributed by atoms with Crippen LogP contribution >= 0.6 is 15.9 Å². The molecule has 0 atom stereocenters. The molecule has 6 heteroatoms. The number of carbonyl (C=O) groups excluding carboxylic acids is 1. The minimum Gasteiger partial charge on any atom is -0.337 e. The number of nitrogens with one attached hydrogen (secondary N) is 1. The lowest BCUT2D eigenvalue weighted by Gasteiger charge is -2.17. The summed E-state index contributed by atoms with van der Waals surface area (Å²) in [5, 5.41) is 0. The van der Waals surface area contributed by atoms with E-state index in [1.807, 2.05) is 0 Å². The van der Waals surface area contributed by atoms with Crippen LogP contribution in [0.15, 0.2) is 45.8 Å². The van der Waals surface area contributed by atoms with Crippen LogP contribution in [0.4, 0.5) is 4.39 Å². The van der Waals surface area contributed by atoms with Crippen molar-refractivity contribution in [1.29, 1.82) is 0 Å². The van der Waals surface area contributed by atoms with Crippen LogP contribution in [0.1, 0.15) is 15.9 Å². The standard InChI is InChI=1S/C14H12BrFN2O2/c1-18(8-9-7-10(15)4-5-12(9)16)14(20)11-3-2-6-17-13(11)19/h2-7H,8H2,1H3,(H,17,19). The lowest BCUT2D eigenvalue weighted by Crippen LogP contribution is -2.31. The van der Waals surface area contributed by atoms with Crippen LogP contribution in [0, 0.1) is 5.82 Å². The second kappa shape index (κ2) is 6.00. The topological polar surface area (TPSA) is 53.2 Å². The third kappa shape index (κ3) is 3.14. The largest absolute Gasteiger partial charge is 0.337 e. The quantitative estimate of drug-likeness (QED) is 0.934. The van der Waals surface area contributed by atoms with Gasteiger partial charge < -0.3 is 9.88 Å². The SMILES string of the molecule is CN(Cc1cc(Br)ccc1F)C(=O)c1ccc[nH]c1=O. The van der Waals surface area contributed by atoms with Gasteiger partial charge in [-0.25, -0.2) is 4.39 Å². The average Bonchev–Trinajstić information content (AvgIpc) is 2.42. The Morgan fingerprint density at radius 2 is 2.15 bits per heavy atom. The Hall–Kier alpha value is -1.95. The summed E-state index contributed by atoms with van der Waals surface area (Å²) in [7, 11) is 1.52. The van der Waals surface area contributed by atoms with Crippen molar-refractivity contribution in [2.75, 3.05) is 7.05 Å². The highest BCUT2D eigenvalue weighted by atomic mass is 79.9. The van der Waals surface area contributed by atoms with Crippen molar-refractivity contribution in [2.45, 2.75) is 6.54 Å². The summed E-state index contributed by atoms with van der Waals surface area (Å²) in [6, 6.07) is 7.53. The molecule has 0 aliphatic heterocycles. The van der Waals surface area contributed by atoms with Gasteiger partial charge in [0.25, 0.3) is 11.5 Å². The fourth-order valence-electron chi connectivity index (χ4n) is 1.79. The van der Waals surface area contributed by atoms with Crippen LogP contribution in [0.5, 0.6) is 0 Å². The van der Waals surface area contributed by atoms with Crippen molar-refractivity contribution < 1.29 is 9.18 Å². The Kier molecular flexibility index (Phi) is 4.34. The Bertz CT molecular complexity index is 700. The molecule has 0 spiro atoms. The molecule has 0 unspecified atom stereocenters. The van der Waals surface area contributed by atoms with Crippen molar-refractivity contribution in [3.8, 4) is 0 Å². The minimum atomic E-state index is -0.459. The number of hydrogen-bond acceptors (Lipinski definition) is 2. The number of hydrogen-bond donors (Lipinski definition) is 1. The van der Waals surface area contributed by atoms with Crippen LogP contribution in [0.2, 0.25) is 0 Å². The van der Waals surface area contributed by atoms with E-state index < -0.39 is 17.3 Å². The van der Waals surface area contributed by atoms with Crippen LogP contribution in [-0.4, -0.2) is 22.8 Å². The maximum atomic E-state index is 13.6. The van der Waals surface area contributed by atoms with Gasteiger partial charge in [0.1, 0.15) is 11.4 Å². The molecule has 1 amide bonds. The van der Waals surface area contributed by atoms with E-state index in [4.69, 9.17) is 0 Å². The molecule has 1 heterocycles. The highest BCUT2D eigenvalue weighted by Gasteiger charge is 2.16. The smallest absolute Gasteiger partial charge is 0.260 e. The van der Waals surface area contributed by atoms with E-state index in [9.17, 15) is 14.0 Å². The molecule has 0 saturated heterocycles. The maximum Gasteiger partial charge on any atom is 0.260 e. The first kappa shape index (κ1) is 14.5. The summed E-state index contributed by atoms with van der Waals surface area (Å²) in [5.41, 5.74) is -0.0490. The number of carbonyl (C=O) groups is 1. The number of benzene rings is 1. The first-order chi connectivity index (χ1) is 9.49. The number of amides is 1. The molecule has 1 aromatic carbocycles. The Labute approximate surface area is 123 Å². The van der Waals surface area contributed by atoms with Crippen molar-refractivity contribution in [2.24, 2.45) is 0 Å². The lowest BCUT2D eigenvalue weighted by molar-refractivity contribution is 0.0782. The van der Waals surface area contributed by atoms with E-state index in [0.717, 1.165) is 4.47 Å². The highest BCUT2D eigenvalue weighted by molar-refractivity contribution is 9.10. The second-order valence-corrected chi connectivity index (χ2v) is 5.23. The van der Waals surface area contributed by atoms with Crippen molar-refractivity contribution >= 4 is 21.8 Å². The van der Waals surface area contributed by atoms with E-state index in [2.05, 4.69) is 20.9 Å². The van der Waals surface area contributed by atoms with Gasteiger partial charge in [-0.15, -0.1) is 0 Å². The second-order valence-electron chi connectivity index (χ2n) is 4.31. The highest BCUT2D eigenvalue weighted by Crippen LogP contribution is 2.17. The van der Waals surface area contributed by atoms with Gasteiger partial charge in [-0.1, -0.05) is 15.9 Å². The molecule has 0 fully saturated rings. The Balaban J connectivity index is 2.22. The third-order valence-corrected chi connectivity index (χ3v) is 3.30. The molecule has 0 aliphatic rings. The van der Waals surface area contributed by atoms with E-state index in [1.165, 1.54) is 30.3 Å². The van der Waals surface area contributed by atoms with Gasteiger partial charge in [-0.3, -0.25) is 9.59 Å². The van der Waals surface area contributed by atoms with Crippen LogP contribution in [-0.2, 0) is 6.54 Å². The number of halogens is 2. The van der Waals surface area contributed by atoms with E-state index >= 15 is 0 Å². The molecule has 0 saturated carbocycles. The number of nitrogens with zero attached hydrogens (tertiary/aromatic N) is 1. The first-order valence-corrected chi connectivity index (χ1v) is 6.65. The van der Waals surface area contributed by atoms with Gasteiger partial charge in [0.2, 0.25) is 0 Å². The number of aromatic nitrogens is 1. The zero-order valence-corrected chi connectivity index (χ0v) is 12.3. The molecule has 4 nitrogen and oxygen atoms in total. The fraction of sp³-hybridized carbons (Fsp3) is 0.143. The molecule has 104 valence electrons. The zero-order valence-electron chi connectivity index (χ0n) is 10.7. The molecule has 1 aromatic heterocycles. The van der Waals surface area contributed by atoms with Crippen LogP contribution < -0.4 is 5.56 Å². The third-order valence-electron chi connectivity index (χ3n) is 2.81. The molecular weight excluding hydrogens is 327 g/mol. The molecule has 0 bridgehead atoms. The van der Waals surface area contributed by atoms with Crippen molar-refractivity contribution in [3.05, 3.63) is 68.3 Å². The van der Waals surface area contributed by atoms with Crippen molar-refractivity contribution in [3.63, 3.8) is 0 Å². The molecular formula is C14H12BrFN2O2. The van der Waals surface area contributed by atoms with Gasteiger partial charge in [0.15, 0.2) is 0 Å². The monoisotopic (exact) mass is 338 g/mol. The van der Waals surface area contributed by atoms with Gasteiger partial charge in [-0.2, -0.15) is 0 Å². The average molecular weight is 339 g/mol. The maximum absolute atomic E-state index is 13.6. The van der Waals surface area contributed by atoms with Crippen LogP contribution in [0.25, 0.3) is 0 Å². The summed E-state index contributed by atoms with van der Waals surface area (Å²) in [6.07, 6.45) is 1.45. The van der Waals surface area contributed by atoms with Gasteiger partial charge in [0, 0.05) is 29.8 Å². The number of pyridine rings is 1. The first-order valence-electron chi connectivity index (χ1n) is 5.86. The predicted molar refractivity (Wildman–Crippen MR) is 77.0 cm³/mol. The van der Waals surface area contributed by atoms with Crippen LogP contribution in [0.3, 0.4) is 0 Å². The number of aromatic amines is 1. The Morgan fingerprint density at radius 3 is 2.85 bits per heavy atom. The van der Waals surface area contributed by atoms with Gasteiger partial charge in [0.05, 0.1) is 0 Å². The molecule has 2 aromatic rings. The summed E-state index contributed by atoms with van der Waals surface area (Å²) in [6.45, 7) is 0.0818. The summed E-state index contributed by atoms with van der Waals surface area (Å²) >= 11 is 3.25. The minimum absolute atomic E-state index is 0.0328. The van der Waals surface area contributed by atoms with Gasteiger partial charge >= 0.3 is 0 Å². The normalized spacial score (nSPS) is 10.3. The predicted octanol–water partition coefficient (Wildman–Crippen LogP) is 2.55. The lowest BCUT2D eigenvalue weighted by atomic mass is 10.2. The molecule has 1 N–H and O–H groups in total. The zero-order chi connectivity index (χ0) is 14.7. The number of H-pyrrole nitrogens is 1. The molecule has 2 rings (SSSR count). The van der Waals surface area contributed by atoms with E-state index in [0.29, 0.717) is 5.56 Å². The van der Waals surface area contributed by atoms with E-state index in [-0.39, 0.29) is 12.1 Å². The molecule has 0 aliphatic carbocycles. The fourth-order valence-corrected chi connectivity index (χ4v) is 2.20. The summed E-state index contributed by atoms with van der Waals surface area (Å²) < 4.78 is 14.4. The van der Waals surface area contributed by atoms with E-state index in [1.54, 1.807) is 18.2 Å². The molecule has 0 radical (unpaired) electrons. The summed E-state index contributed by atoms with van der Waals surface area (Å²) in [5.74, 6) is -0.846.